The molecule has 1 aliphatic rings. The smallest absolute Gasteiger partial charge is 0.368 e. The summed E-state index contributed by atoms with van der Waals surface area (Å²) in [4.78, 5) is 15.1. The number of benzene rings is 1. The molecule has 0 saturated carbocycles. The van der Waals surface area contributed by atoms with Gasteiger partial charge in [-0.1, -0.05) is 11.6 Å². The van der Waals surface area contributed by atoms with Crippen LogP contribution in [0, 0.1) is 0 Å². The molecule has 1 aromatic carbocycles. The number of nitrogens with one attached hydrogen (secondary N) is 1. The van der Waals surface area contributed by atoms with Crippen molar-refractivity contribution in [2.24, 2.45) is 0 Å². The summed E-state index contributed by atoms with van der Waals surface area (Å²) in [7, 11) is 0. The second kappa shape index (κ2) is 6.43. The van der Waals surface area contributed by atoms with Crippen molar-refractivity contribution in [2.45, 2.75) is 6.18 Å². The summed E-state index contributed by atoms with van der Waals surface area (Å²) < 4.78 is 36.1. The van der Waals surface area contributed by atoms with Crippen LogP contribution in [0.4, 0.5) is 23.7 Å². The molecule has 1 aromatic rings. The summed E-state index contributed by atoms with van der Waals surface area (Å²) in [6, 6.07) is 6.63. The third-order valence-electron chi connectivity index (χ3n) is 3.20. The van der Waals surface area contributed by atoms with Crippen molar-refractivity contribution in [3.8, 4) is 0 Å². The molecule has 0 aromatic heterocycles. The molecule has 0 unspecified atom stereocenters. The zero-order valence-electron chi connectivity index (χ0n) is 11.2. The van der Waals surface area contributed by atoms with Gasteiger partial charge in [0.15, 0.2) is 0 Å². The molecule has 0 aliphatic carbocycles. The fourth-order valence-electron chi connectivity index (χ4n) is 2.11. The molecule has 1 heterocycles. The van der Waals surface area contributed by atoms with E-state index >= 15 is 0 Å². The highest BCUT2D eigenvalue weighted by Crippen LogP contribution is 2.19. The molecule has 116 valence electrons. The van der Waals surface area contributed by atoms with Crippen molar-refractivity contribution >= 4 is 23.3 Å². The lowest BCUT2D eigenvalue weighted by molar-refractivity contribution is -0.123. The summed E-state index contributed by atoms with van der Waals surface area (Å²) in [5, 5.41) is 2.52. The van der Waals surface area contributed by atoms with Crippen molar-refractivity contribution in [3.63, 3.8) is 0 Å². The molecule has 1 N–H and O–H groups in total. The van der Waals surface area contributed by atoms with Gasteiger partial charge in [-0.25, -0.2) is 4.79 Å². The maximum absolute atomic E-state index is 12.0. The van der Waals surface area contributed by atoms with E-state index in [1.54, 1.807) is 12.1 Å². The van der Waals surface area contributed by atoms with Crippen LogP contribution in [0.1, 0.15) is 0 Å². The number of hydrogen-bond donors (Lipinski definition) is 1. The number of anilines is 1. The molecule has 4 nitrogen and oxygen atoms in total. The van der Waals surface area contributed by atoms with E-state index in [2.05, 4.69) is 4.90 Å². The highest BCUT2D eigenvalue weighted by Gasteiger charge is 2.29. The quantitative estimate of drug-likeness (QED) is 0.909. The van der Waals surface area contributed by atoms with Crippen LogP contribution < -0.4 is 10.2 Å². The van der Waals surface area contributed by atoms with Crippen LogP contribution in [0.5, 0.6) is 0 Å². The van der Waals surface area contributed by atoms with E-state index in [4.69, 9.17) is 11.6 Å². The zero-order chi connectivity index (χ0) is 15.5. The Morgan fingerprint density at radius 1 is 1.14 bits per heavy atom. The molecule has 0 radical (unpaired) electrons. The van der Waals surface area contributed by atoms with Gasteiger partial charge < -0.3 is 15.1 Å². The summed E-state index contributed by atoms with van der Waals surface area (Å²) in [6.45, 7) is 0.601. The molecule has 1 aliphatic heterocycles. The van der Waals surface area contributed by atoms with Gasteiger partial charge in [-0.05, 0) is 24.3 Å². The Kier molecular flexibility index (Phi) is 4.82. The number of amides is 2. The summed E-state index contributed by atoms with van der Waals surface area (Å²) >= 11 is 5.82. The average molecular weight is 322 g/mol. The van der Waals surface area contributed by atoms with Crippen LogP contribution >= 0.6 is 11.6 Å². The minimum atomic E-state index is -4.39. The molecule has 0 atom stereocenters. The number of nitrogens with zero attached hydrogens (tertiary/aromatic N) is 2. The van der Waals surface area contributed by atoms with Crippen molar-refractivity contribution in [1.82, 2.24) is 10.2 Å². The van der Waals surface area contributed by atoms with Gasteiger partial charge in [0.1, 0.15) is 6.54 Å². The standard InChI is InChI=1S/C13H15ClF3N3O/c14-10-1-3-11(4-2-10)19-5-7-20(8-6-19)12(21)18-9-13(15,16)17/h1-4H,5-9H2,(H,18,21). The first-order chi connectivity index (χ1) is 9.85. The number of alkyl halides is 3. The predicted molar refractivity (Wildman–Crippen MR) is 74.7 cm³/mol. The number of piperazine rings is 1. The van der Waals surface area contributed by atoms with Gasteiger partial charge >= 0.3 is 12.2 Å². The molecular weight excluding hydrogens is 307 g/mol. The van der Waals surface area contributed by atoms with Gasteiger partial charge in [0, 0.05) is 36.9 Å². The van der Waals surface area contributed by atoms with Crippen LogP contribution in [-0.2, 0) is 0 Å². The Bertz CT molecular complexity index is 484. The fourth-order valence-corrected chi connectivity index (χ4v) is 2.23. The lowest BCUT2D eigenvalue weighted by atomic mass is 10.2. The minimum absolute atomic E-state index is 0.381. The van der Waals surface area contributed by atoms with Gasteiger partial charge in [0.2, 0.25) is 0 Å². The van der Waals surface area contributed by atoms with Crippen LogP contribution in [0.15, 0.2) is 24.3 Å². The van der Waals surface area contributed by atoms with Crippen LogP contribution in [0.25, 0.3) is 0 Å². The van der Waals surface area contributed by atoms with E-state index in [1.807, 2.05) is 17.4 Å². The molecule has 21 heavy (non-hydrogen) atoms. The molecular formula is C13H15ClF3N3O. The van der Waals surface area contributed by atoms with Crippen LogP contribution in [-0.4, -0.2) is 49.8 Å². The summed E-state index contributed by atoms with van der Waals surface area (Å²) in [5.74, 6) is 0. The lowest BCUT2D eigenvalue weighted by Gasteiger charge is -2.36. The maximum Gasteiger partial charge on any atom is 0.405 e. The first kappa shape index (κ1) is 15.8. The highest BCUT2D eigenvalue weighted by atomic mass is 35.5. The second-order valence-corrected chi connectivity index (χ2v) is 5.16. The molecule has 8 heteroatoms. The first-order valence-corrected chi connectivity index (χ1v) is 6.83. The summed E-state index contributed by atoms with van der Waals surface area (Å²) in [6.07, 6.45) is -4.39. The average Bonchev–Trinajstić information content (AvgIpc) is 2.45. The first-order valence-electron chi connectivity index (χ1n) is 6.45. The molecule has 0 bridgehead atoms. The van der Waals surface area contributed by atoms with Gasteiger partial charge in [0.25, 0.3) is 0 Å². The maximum atomic E-state index is 12.0. The van der Waals surface area contributed by atoms with Crippen molar-refractivity contribution in [2.75, 3.05) is 37.6 Å². The molecule has 1 fully saturated rings. The zero-order valence-corrected chi connectivity index (χ0v) is 11.9. The molecule has 0 spiro atoms. The Hall–Kier alpha value is -1.63. The van der Waals surface area contributed by atoms with Crippen LogP contribution in [0.3, 0.4) is 0 Å². The predicted octanol–water partition coefficient (Wildman–Crippen LogP) is 2.73. The number of carbonyl (C=O) groups is 1. The summed E-state index contributed by atoms with van der Waals surface area (Å²) in [5.41, 5.74) is 0.981. The second-order valence-electron chi connectivity index (χ2n) is 4.72. The number of halogens is 4. The van der Waals surface area contributed by atoms with E-state index in [1.165, 1.54) is 4.90 Å². The number of urea groups is 1. The topological polar surface area (TPSA) is 35.6 Å². The SMILES string of the molecule is O=C(NCC(F)(F)F)N1CCN(c2ccc(Cl)cc2)CC1. The van der Waals surface area contributed by atoms with Crippen molar-refractivity contribution in [1.29, 1.82) is 0 Å². The Morgan fingerprint density at radius 3 is 2.24 bits per heavy atom. The third kappa shape index (κ3) is 4.70. The normalized spacial score (nSPS) is 16.0. The Labute approximate surface area is 125 Å². The number of hydrogen-bond acceptors (Lipinski definition) is 2. The van der Waals surface area contributed by atoms with Crippen molar-refractivity contribution in [3.05, 3.63) is 29.3 Å². The van der Waals surface area contributed by atoms with Gasteiger partial charge in [0.05, 0.1) is 0 Å². The lowest BCUT2D eigenvalue weighted by Crippen LogP contribution is -2.53. The van der Waals surface area contributed by atoms with Gasteiger partial charge in [-0.3, -0.25) is 0 Å². The molecule has 2 rings (SSSR count). The minimum Gasteiger partial charge on any atom is -0.368 e. The number of carbonyl (C=O) groups excluding carboxylic acids is 1. The van der Waals surface area contributed by atoms with Crippen LogP contribution in [0.2, 0.25) is 5.02 Å². The van der Waals surface area contributed by atoms with E-state index < -0.39 is 18.8 Å². The Balaban J connectivity index is 1.82. The largest absolute Gasteiger partial charge is 0.405 e. The highest BCUT2D eigenvalue weighted by molar-refractivity contribution is 6.30. The van der Waals surface area contributed by atoms with E-state index in [0.29, 0.717) is 31.2 Å². The Morgan fingerprint density at radius 2 is 1.71 bits per heavy atom. The van der Waals surface area contributed by atoms with Crippen molar-refractivity contribution < 1.29 is 18.0 Å². The molecule has 2 amide bonds. The van der Waals surface area contributed by atoms with Gasteiger partial charge in [-0.2, -0.15) is 13.2 Å². The van der Waals surface area contributed by atoms with E-state index in [0.717, 1.165) is 5.69 Å². The van der Waals surface area contributed by atoms with Gasteiger partial charge in [-0.15, -0.1) is 0 Å². The van der Waals surface area contributed by atoms with E-state index in [9.17, 15) is 18.0 Å². The van der Waals surface area contributed by atoms with E-state index in [-0.39, 0.29) is 0 Å². The number of rotatable bonds is 2. The third-order valence-corrected chi connectivity index (χ3v) is 3.45. The monoisotopic (exact) mass is 321 g/mol. The molecule has 1 saturated heterocycles. The fraction of sp³-hybridized carbons (Fsp3) is 0.462.